The summed E-state index contributed by atoms with van der Waals surface area (Å²) in [5.41, 5.74) is 0.995. The highest BCUT2D eigenvalue weighted by atomic mass is 16.5. The van der Waals surface area contributed by atoms with Gasteiger partial charge in [0.05, 0.1) is 0 Å². The van der Waals surface area contributed by atoms with Crippen LogP contribution in [0.5, 0.6) is 5.75 Å². The Kier molecular flexibility index (Phi) is 5.28. The van der Waals surface area contributed by atoms with Gasteiger partial charge in [-0.3, -0.25) is 4.79 Å². The predicted molar refractivity (Wildman–Crippen MR) is 92.2 cm³/mol. The molecule has 1 atom stereocenters. The van der Waals surface area contributed by atoms with Crippen LogP contribution in [-0.2, 0) is 13.2 Å². The summed E-state index contributed by atoms with van der Waals surface area (Å²) in [5.74, 6) is -0.00173. The van der Waals surface area contributed by atoms with Crippen LogP contribution in [0.2, 0.25) is 0 Å². The van der Waals surface area contributed by atoms with E-state index in [1.165, 1.54) is 6.07 Å². The third-order valence-electron chi connectivity index (χ3n) is 3.73. The van der Waals surface area contributed by atoms with Gasteiger partial charge in [-0.15, -0.1) is 0 Å². The molecule has 128 valence electrons. The van der Waals surface area contributed by atoms with E-state index in [1.54, 1.807) is 24.3 Å². The van der Waals surface area contributed by atoms with E-state index in [2.05, 4.69) is 0 Å². The van der Waals surface area contributed by atoms with Gasteiger partial charge < -0.3 is 19.4 Å². The normalized spacial score (nSPS) is 11.9. The zero-order chi connectivity index (χ0) is 17.6. The molecule has 0 aliphatic rings. The van der Waals surface area contributed by atoms with Crippen LogP contribution in [0.25, 0.3) is 0 Å². The van der Waals surface area contributed by atoms with Crippen molar-refractivity contribution in [2.24, 2.45) is 0 Å². The fourth-order valence-corrected chi connectivity index (χ4v) is 2.47. The molecule has 0 radical (unpaired) electrons. The Hall–Kier alpha value is -2.89. The highest BCUT2D eigenvalue weighted by Crippen LogP contribution is 2.29. The fourth-order valence-electron chi connectivity index (χ4n) is 2.47. The van der Waals surface area contributed by atoms with Gasteiger partial charge in [0.25, 0.3) is 0 Å². The van der Waals surface area contributed by atoms with Crippen molar-refractivity contribution >= 4 is 0 Å². The first-order valence-corrected chi connectivity index (χ1v) is 7.86. The quantitative estimate of drug-likeness (QED) is 0.722. The van der Waals surface area contributed by atoms with Crippen molar-refractivity contribution in [1.82, 2.24) is 0 Å². The highest BCUT2D eigenvalue weighted by Gasteiger charge is 2.22. The summed E-state index contributed by atoms with van der Waals surface area (Å²) in [6.45, 7) is -0.276. The monoisotopic (exact) mass is 338 g/mol. The molecule has 1 heterocycles. The predicted octanol–water partition coefficient (Wildman–Crippen LogP) is 2.79. The summed E-state index contributed by atoms with van der Waals surface area (Å²) in [7, 11) is 0. The van der Waals surface area contributed by atoms with Gasteiger partial charge in [-0.1, -0.05) is 60.7 Å². The molecule has 0 bridgehead atoms. The van der Waals surface area contributed by atoms with Gasteiger partial charge >= 0.3 is 0 Å². The van der Waals surface area contributed by atoms with E-state index >= 15 is 0 Å². The van der Waals surface area contributed by atoms with Crippen LogP contribution in [0.1, 0.15) is 28.8 Å². The van der Waals surface area contributed by atoms with Crippen LogP contribution in [0.3, 0.4) is 0 Å². The molecule has 0 saturated carbocycles. The lowest BCUT2D eigenvalue weighted by Crippen LogP contribution is -2.14. The zero-order valence-corrected chi connectivity index (χ0v) is 13.5. The number of aliphatic hydroxyl groups excluding tert-OH is 2. The van der Waals surface area contributed by atoms with Gasteiger partial charge in [0.15, 0.2) is 5.76 Å². The second-order valence-corrected chi connectivity index (χ2v) is 5.52. The molecular formula is C20H18O5. The Bertz CT molecular complexity index is 872. The molecule has 0 spiro atoms. The summed E-state index contributed by atoms with van der Waals surface area (Å²) in [5, 5.41) is 19.9. The Morgan fingerprint density at radius 3 is 2.28 bits per heavy atom. The lowest BCUT2D eigenvalue weighted by molar-refractivity contribution is 0.157. The third kappa shape index (κ3) is 3.96. The van der Waals surface area contributed by atoms with Crippen molar-refractivity contribution in [2.45, 2.75) is 19.3 Å². The van der Waals surface area contributed by atoms with Crippen molar-refractivity contribution in [1.29, 1.82) is 0 Å². The number of aliphatic hydroxyl groups is 2. The summed E-state index contributed by atoms with van der Waals surface area (Å²) < 4.78 is 11.2. The molecule has 0 amide bonds. The Labute approximate surface area is 144 Å². The van der Waals surface area contributed by atoms with Crippen molar-refractivity contribution in [3.05, 3.63) is 99.6 Å². The molecule has 3 rings (SSSR count). The van der Waals surface area contributed by atoms with Crippen LogP contribution < -0.4 is 10.2 Å². The maximum absolute atomic E-state index is 12.4. The molecule has 3 aromatic rings. The van der Waals surface area contributed by atoms with Gasteiger partial charge in [0.1, 0.15) is 25.1 Å². The summed E-state index contributed by atoms with van der Waals surface area (Å²) in [4.78, 5) is 12.4. The molecule has 0 aliphatic heterocycles. The second-order valence-electron chi connectivity index (χ2n) is 5.52. The molecule has 0 aliphatic carbocycles. The van der Waals surface area contributed by atoms with E-state index in [0.717, 1.165) is 5.56 Å². The van der Waals surface area contributed by atoms with Gasteiger partial charge in [0.2, 0.25) is 11.2 Å². The number of rotatable bonds is 6. The Morgan fingerprint density at radius 2 is 1.64 bits per heavy atom. The van der Waals surface area contributed by atoms with Crippen molar-refractivity contribution in [3.63, 3.8) is 0 Å². The van der Waals surface area contributed by atoms with E-state index in [9.17, 15) is 15.0 Å². The van der Waals surface area contributed by atoms with Gasteiger partial charge in [-0.2, -0.15) is 0 Å². The number of ether oxygens (including phenoxy) is 1. The van der Waals surface area contributed by atoms with E-state index < -0.39 is 18.1 Å². The van der Waals surface area contributed by atoms with E-state index in [1.807, 2.05) is 36.4 Å². The minimum Gasteiger partial charge on any atom is -0.482 e. The molecule has 1 unspecified atom stereocenters. The lowest BCUT2D eigenvalue weighted by Gasteiger charge is -2.15. The first-order chi connectivity index (χ1) is 12.2. The van der Waals surface area contributed by atoms with Crippen molar-refractivity contribution in [2.75, 3.05) is 0 Å². The minimum atomic E-state index is -1.17. The molecule has 2 N–H and O–H groups in total. The lowest BCUT2D eigenvalue weighted by atomic mass is 10.1. The van der Waals surface area contributed by atoms with E-state index in [4.69, 9.17) is 9.15 Å². The van der Waals surface area contributed by atoms with Crippen LogP contribution in [0, 0.1) is 0 Å². The summed E-state index contributed by atoms with van der Waals surface area (Å²) >= 11 is 0. The SMILES string of the molecule is O=c1cc(CO)oc(C(O)c2ccccc2)c1OCc1ccccc1. The van der Waals surface area contributed by atoms with Crippen LogP contribution in [-0.4, -0.2) is 10.2 Å². The summed E-state index contributed by atoms with van der Waals surface area (Å²) in [6.07, 6.45) is -1.17. The standard InChI is InChI=1S/C20H18O5/c21-12-16-11-17(22)19(24-13-14-7-3-1-4-8-14)20(25-16)18(23)15-9-5-2-6-10-15/h1-11,18,21,23H,12-13H2. The molecule has 0 saturated heterocycles. The van der Waals surface area contributed by atoms with E-state index in [0.29, 0.717) is 5.56 Å². The molecule has 25 heavy (non-hydrogen) atoms. The summed E-state index contributed by atoms with van der Waals surface area (Å²) in [6, 6.07) is 19.4. The van der Waals surface area contributed by atoms with Crippen LogP contribution in [0.4, 0.5) is 0 Å². The molecule has 2 aromatic carbocycles. The number of benzene rings is 2. The Balaban J connectivity index is 1.97. The first-order valence-electron chi connectivity index (χ1n) is 7.86. The number of hydrogen-bond acceptors (Lipinski definition) is 5. The molecule has 5 heteroatoms. The minimum absolute atomic E-state index is 0.0151. The average Bonchev–Trinajstić information content (AvgIpc) is 2.67. The average molecular weight is 338 g/mol. The van der Waals surface area contributed by atoms with Gasteiger partial charge in [0, 0.05) is 6.07 Å². The third-order valence-corrected chi connectivity index (χ3v) is 3.73. The fraction of sp³-hybridized carbons (Fsp3) is 0.150. The maximum atomic E-state index is 12.4. The molecule has 0 fully saturated rings. The Morgan fingerprint density at radius 1 is 1.00 bits per heavy atom. The smallest absolute Gasteiger partial charge is 0.227 e. The molecular weight excluding hydrogens is 320 g/mol. The van der Waals surface area contributed by atoms with Crippen LogP contribution >= 0.6 is 0 Å². The van der Waals surface area contributed by atoms with Gasteiger partial charge in [-0.05, 0) is 11.1 Å². The van der Waals surface area contributed by atoms with Crippen molar-refractivity contribution in [3.8, 4) is 5.75 Å². The molecule has 1 aromatic heterocycles. The largest absolute Gasteiger partial charge is 0.482 e. The topological polar surface area (TPSA) is 79.9 Å². The van der Waals surface area contributed by atoms with Crippen LogP contribution in [0.15, 0.2) is 75.9 Å². The first kappa shape index (κ1) is 17.0. The number of hydrogen-bond donors (Lipinski definition) is 2. The van der Waals surface area contributed by atoms with Crippen molar-refractivity contribution < 1.29 is 19.4 Å². The zero-order valence-electron chi connectivity index (χ0n) is 13.5. The highest BCUT2D eigenvalue weighted by molar-refractivity contribution is 5.34. The second kappa shape index (κ2) is 7.79. The van der Waals surface area contributed by atoms with Gasteiger partial charge in [-0.25, -0.2) is 0 Å². The maximum Gasteiger partial charge on any atom is 0.227 e. The van der Waals surface area contributed by atoms with E-state index in [-0.39, 0.29) is 23.9 Å². The molecule has 5 nitrogen and oxygen atoms in total.